The third kappa shape index (κ3) is 5.57. The number of hydrazone groups is 1. The number of amides is 2. The van der Waals surface area contributed by atoms with Crippen molar-refractivity contribution >= 4 is 18.0 Å². The van der Waals surface area contributed by atoms with E-state index in [1.54, 1.807) is 6.21 Å². The van der Waals surface area contributed by atoms with Gasteiger partial charge in [0.15, 0.2) is 13.2 Å². The Morgan fingerprint density at radius 3 is 1.93 bits per heavy atom. The Morgan fingerprint density at radius 1 is 0.829 bits per heavy atom. The third-order valence-electron chi connectivity index (χ3n) is 8.30. The first kappa shape index (κ1) is 28.4. The van der Waals surface area contributed by atoms with Crippen molar-refractivity contribution in [2.24, 2.45) is 10.9 Å². The Kier molecular flexibility index (Phi) is 7.38. The molecular formula is C33H38N4O4. The normalized spacial score (nSPS) is 19.6. The number of nitrogens with one attached hydrogen (secondary N) is 2. The first-order valence-corrected chi connectivity index (χ1v) is 13.9. The van der Waals surface area contributed by atoms with E-state index in [1.165, 1.54) is 22.3 Å². The summed E-state index contributed by atoms with van der Waals surface area (Å²) in [6.45, 7) is 10.8. The van der Waals surface area contributed by atoms with Crippen LogP contribution in [0.5, 0.6) is 11.5 Å². The van der Waals surface area contributed by atoms with Crippen molar-refractivity contribution < 1.29 is 19.1 Å². The maximum Gasteiger partial charge on any atom is 0.277 e. The minimum atomic E-state index is -0.389. The fourth-order valence-corrected chi connectivity index (χ4v) is 6.79. The molecule has 0 radical (unpaired) electrons. The molecule has 0 heterocycles. The summed E-state index contributed by atoms with van der Waals surface area (Å²) in [5.41, 5.74) is 11.3. The van der Waals surface area contributed by atoms with Crippen LogP contribution in [0.4, 0.5) is 0 Å². The molecule has 2 aliphatic rings. The zero-order chi connectivity index (χ0) is 29.4. The smallest absolute Gasteiger partial charge is 0.277 e. The standard InChI is InChI=1S/C33H38N4O4/c1-21-7-6-8-22(13-21)16-35-37-30(39)18-41-24-10-12-26-28(15-24)33(20-32(26,4)5)19-31(2,3)25-11-9-23(14-27(25)33)40-17-29(38)36-34/h6-16H,17-20,34H2,1-5H3,(H,36,38)(H,37,39). The molecule has 5 rings (SSSR count). The molecule has 8 nitrogen and oxygen atoms in total. The van der Waals surface area contributed by atoms with Crippen LogP contribution in [0.1, 0.15) is 73.9 Å². The molecule has 1 unspecified atom stereocenters. The van der Waals surface area contributed by atoms with E-state index in [1.807, 2.05) is 43.3 Å². The third-order valence-corrected chi connectivity index (χ3v) is 8.30. The van der Waals surface area contributed by atoms with E-state index in [0.717, 1.165) is 24.0 Å². The van der Waals surface area contributed by atoms with Gasteiger partial charge < -0.3 is 9.47 Å². The summed E-state index contributed by atoms with van der Waals surface area (Å²) in [6.07, 6.45) is 3.47. The lowest BCUT2D eigenvalue weighted by Gasteiger charge is -2.30. The summed E-state index contributed by atoms with van der Waals surface area (Å²) >= 11 is 0. The zero-order valence-electron chi connectivity index (χ0n) is 24.3. The number of nitrogens with zero attached hydrogens (tertiary/aromatic N) is 1. The van der Waals surface area contributed by atoms with E-state index in [0.29, 0.717) is 11.5 Å². The number of rotatable bonds is 8. The Balaban J connectivity index is 1.39. The van der Waals surface area contributed by atoms with E-state index in [2.05, 4.69) is 67.9 Å². The van der Waals surface area contributed by atoms with Crippen LogP contribution in [-0.2, 0) is 25.8 Å². The van der Waals surface area contributed by atoms with Gasteiger partial charge in [0.2, 0.25) is 0 Å². The average Bonchev–Trinajstić information content (AvgIpc) is 3.29. The topological polar surface area (TPSA) is 115 Å². The monoisotopic (exact) mass is 554 g/mol. The predicted octanol–water partition coefficient (Wildman–Crippen LogP) is 4.54. The number of fused-ring (bicyclic) bond motifs is 4. The maximum absolute atomic E-state index is 12.5. The lowest BCUT2D eigenvalue weighted by atomic mass is 9.72. The largest absolute Gasteiger partial charge is 0.484 e. The molecule has 1 spiro atoms. The van der Waals surface area contributed by atoms with Crippen LogP contribution in [0.2, 0.25) is 0 Å². The molecule has 0 bridgehead atoms. The molecule has 3 aromatic carbocycles. The second-order valence-corrected chi connectivity index (χ2v) is 12.5. The molecule has 41 heavy (non-hydrogen) atoms. The number of ether oxygens (including phenoxy) is 2. The van der Waals surface area contributed by atoms with E-state index in [4.69, 9.17) is 15.3 Å². The van der Waals surface area contributed by atoms with Crippen LogP contribution in [0.25, 0.3) is 0 Å². The molecule has 0 aromatic heterocycles. The van der Waals surface area contributed by atoms with Gasteiger partial charge >= 0.3 is 0 Å². The van der Waals surface area contributed by atoms with Gasteiger partial charge in [-0.1, -0.05) is 69.7 Å². The Morgan fingerprint density at radius 2 is 1.39 bits per heavy atom. The van der Waals surface area contributed by atoms with Crippen LogP contribution >= 0.6 is 0 Å². The van der Waals surface area contributed by atoms with Crippen LogP contribution in [-0.4, -0.2) is 31.2 Å². The van der Waals surface area contributed by atoms with Crippen LogP contribution in [0.15, 0.2) is 65.8 Å². The number of aryl methyl sites for hydroxylation is 1. The maximum atomic E-state index is 12.5. The van der Waals surface area contributed by atoms with Crippen molar-refractivity contribution in [1.82, 2.24) is 10.9 Å². The molecule has 214 valence electrons. The number of hydrazine groups is 1. The van der Waals surface area contributed by atoms with Gasteiger partial charge in [-0.15, -0.1) is 0 Å². The van der Waals surface area contributed by atoms with Gasteiger partial charge in [-0.2, -0.15) is 5.10 Å². The molecule has 4 N–H and O–H groups in total. The van der Waals surface area contributed by atoms with Crippen molar-refractivity contribution in [3.63, 3.8) is 0 Å². The molecular weight excluding hydrogens is 516 g/mol. The highest BCUT2D eigenvalue weighted by atomic mass is 16.5. The number of hydrogen-bond acceptors (Lipinski definition) is 6. The van der Waals surface area contributed by atoms with Gasteiger partial charge in [-0.05, 0) is 82.7 Å². The number of benzene rings is 3. The summed E-state index contributed by atoms with van der Waals surface area (Å²) in [6, 6.07) is 20.1. The summed E-state index contributed by atoms with van der Waals surface area (Å²) in [5, 5.41) is 4.06. The lowest BCUT2D eigenvalue weighted by Crippen LogP contribution is -2.34. The molecule has 0 saturated carbocycles. The van der Waals surface area contributed by atoms with Gasteiger partial charge in [0.1, 0.15) is 11.5 Å². The SMILES string of the molecule is Cc1cccc(C=NNC(=O)COc2ccc3c(c2)C2(CC(C)(C)c4ccc(OCC(=O)NN)cc42)CC3(C)C)c1. The van der Waals surface area contributed by atoms with Crippen LogP contribution in [0.3, 0.4) is 0 Å². The highest BCUT2D eigenvalue weighted by Gasteiger charge is 2.56. The van der Waals surface area contributed by atoms with E-state index in [-0.39, 0.29) is 41.3 Å². The molecule has 0 aliphatic heterocycles. The summed E-state index contributed by atoms with van der Waals surface area (Å²) in [5.74, 6) is 5.77. The van der Waals surface area contributed by atoms with E-state index >= 15 is 0 Å². The molecule has 1 atom stereocenters. The highest BCUT2D eigenvalue weighted by Crippen LogP contribution is 2.63. The summed E-state index contributed by atoms with van der Waals surface area (Å²) < 4.78 is 11.7. The Labute approximate surface area is 241 Å². The Bertz CT molecular complexity index is 1520. The second-order valence-electron chi connectivity index (χ2n) is 12.5. The van der Waals surface area contributed by atoms with Crippen molar-refractivity contribution in [2.45, 2.75) is 63.7 Å². The van der Waals surface area contributed by atoms with Crippen LogP contribution < -0.4 is 26.2 Å². The molecule has 2 amide bonds. The zero-order valence-corrected chi connectivity index (χ0v) is 24.3. The molecule has 0 fully saturated rings. The van der Waals surface area contributed by atoms with Crippen molar-refractivity contribution in [2.75, 3.05) is 13.2 Å². The second kappa shape index (κ2) is 10.7. The summed E-state index contributed by atoms with van der Waals surface area (Å²) in [7, 11) is 0. The van der Waals surface area contributed by atoms with Gasteiger partial charge in [-0.25, -0.2) is 11.3 Å². The van der Waals surface area contributed by atoms with Crippen molar-refractivity contribution in [1.29, 1.82) is 0 Å². The van der Waals surface area contributed by atoms with Crippen molar-refractivity contribution in [3.8, 4) is 11.5 Å². The van der Waals surface area contributed by atoms with E-state index < -0.39 is 0 Å². The number of carbonyl (C=O) groups is 2. The lowest BCUT2D eigenvalue weighted by molar-refractivity contribution is -0.123. The van der Waals surface area contributed by atoms with Gasteiger partial charge in [0.25, 0.3) is 11.8 Å². The minimum Gasteiger partial charge on any atom is -0.484 e. The minimum absolute atomic E-state index is 0.0633. The predicted molar refractivity (Wildman–Crippen MR) is 159 cm³/mol. The van der Waals surface area contributed by atoms with E-state index in [9.17, 15) is 9.59 Å². The number of carbonyl (C=O) groups excluding carboxylic acids is 2. The van der Waals surface area contributed by atoms with Crippen LogP contribution in [0, 0.1) is 6.92 Å². The highest BCUT2D eigenvalue weighted by molar-refractivity contribution is 5.83. The average molecular weight is 555 g/mol. The van der Waals surface area contributed by atoms with Crippen molar-refractivity contribution in [3.05, 3.63) is 94.0 Å². The summed E-state index contributed by atoms with van der Waals surface area (Å²) in [4.78, 5) is 24.2. The molecule has 0 saturated heterocycles. The quantitative estimate of drug-likeness (QED) is 0.164. The molecule has 2 aliphatic carbocycles. The molecule has 3 aromatic rings. The van der Waals surface area contributed by atoms with Gasteiger partial charge in [0.05, 0.1) is 6.21 Å². The fourth-order valence-electron chi connectivity index (χ4n) is 6.79. The van der Waals surface area contributed by atoms with Gasteiger partial charge in [-0.3, -0.25) is 15.0 Å². The fraction of sp³-hybridized carbons (Fsp3) is 0.364. The Hall–Kier alpha value is -4.17. The first-order valence-electron chi connectivity index (χ1n) is 13.9. The number of hydrogen-bond donors (Lipinski definition) is 3. The van der Waals surface area contributed by atoms with Gasteiger partial charge in [0, 0.05) is 5.41 Å². The molecule has 8 heteroatoms. The first-order chi connectivity index (χ1) is 19.4. The number of nitrogens with two attached hydrogens (primary N) is 1.